The number of hydrogen-bond acceptors (Lipinski definition) is 6. The van der Waals surface area contributed by atoms with Crippen LogP contribution in [0.1, 0.15) is 20.1 Å². The first-order valence-electron chi connectivity index (χ1n) is 5.93. The largest absolute Gasteiger partial charge is 0.394 e. The number of aliphatic hydroxyl groups excluding tert-OH is 1. The average Bonchev–Trinajstić information content (AvgIpc) is 2.91. The van der Waals surface area contributed by atoms with Crippen LogP contribution in [0.3, 0.4) is 0 Å². The molecule has 2 saturated heterocycles. The number of aliphatic hydroxyl groups is 1. The van der Waals surface area contributed by atoms with Crippen LogP contribution in [-0.2, 0) is 14.2 Å². The summed E-state index contributed by atoms with van der Waals surface area (Å²) in [5, 5.41) is 13.5. The molecule has 0 amide bonds. The lowest BCUT2D eigenvalue weighted by Gasteiger charge is -2.24. The van der Waals surface area contributed by atoms with E-state index in [1.54, 1.807) is 16.9 Å². The standard InChI is InChI=1S/C11H17N3O4/c1-11(2)17-8-6(5-15)16-10(9(8)18-11)14-7(12)3-4-13-14/h3-4,6,8-10,15H,5,12H2,1-2H3/t6-,8-,9?,10-/m1/s1. The Morgan fingerprint density at radius 2 is 2.17 bits per heavy atom. The van der Waals surface area contributed by atoms with Crippen LogP contribution in [0.25, 0.3) is 0 Å². The molecular weight excluding hydrogens is 238 g/mol. The fourth-order valence-electron chi connectivity index (χ4n) is 2.54. The van der Waals surface area contributed by atoms with E-state index in [4.69, 9.17) is 19.9 Å². The molecule has 18 heavy (non-hydrogen) atoms. The van der Waals surface area contributed by atoms with Crippen LogP contribution in [0.5, 0.6) is 0 Å². The zero-order valence-corrected chi connectivity index (χ0v) is 10.3. The summed E-state index contributed by atoms with van der Waals surface area (Å²) in [4.78, 5) is 0. The van der Waals surface area contributed by atoms with Crippen LogP contribution in [0, 0.1) is 0 Å². The molecular formula is C11H17N3O4. The van der Waals surface area contributed by atoms with Crippen molar-refractivity contribution in [2.75, 3.05) is 12.3 Å². The van der Waals surface area contributed by atoms with Gasteiger partial charge in [0, 0.05) is 6.07 Å². The Balaban J connectivity index is 1.91. The Hall–Kier alpha value is -1.15. The fraction of sp³-hybridized carbons (Fsp3) is 0.727. The number of nitrogens with zero attached hydrogens (tertiary/aromatic N) is 2. The molecule has 2 aliphatic rings. The average molecular weight is 255 g/mol. The molecule has 2 fully saturated rings. The van der Waals surface area contributed by atoms with E-state index in [1.165, 1.54) is 0 Å². The van der Waals surface area contributed by atoms with Gasteiger partial charge >= 0.3 is 0 Å². The first-order valence-corrected chi connectivity index (χ1v) is 5.93. The molecule has 0 radical (unpaired) electrons. The van der Waals surface area contributed by atoms with Crippen molar-refractivity contribution >= 4 is 5.82 Å². The van der Waals surface area contributed by atoms with Crippen LogP contribution in [-0.4, -0.2) is 45.6 Å². The van der Waals surface area contributed by atoms with Gasteiger partial charge in [-0.2, -0.15) is 5.10 Å². The summed E-state index contributed by atoms with van der Waals surface area (Å²) >= 11 is 0. The molecule has 7 nitrogen and oxygen atoms in total. The molecule has 1 aromatic heterocycles. The van der Waals surface area contributed by atoms with Gasteiger partial charge in [-0.3, -0.25) is 0 Å². The van der Waals surface area contributed by atoms with Gasteiger partial charge < -0.3 is 25.1 Å². The maximum atomic E-state index is 9.35. The summed E-state index contributed by atoms with van der Waals surface area (Å²) in [6.45, 7) is 3.55. The van der Waals surface area contributed by atoms with Crippen molar-refractivity contribution in [3.05, 3.63) is 12.3 Å². The fourth-order valence-corrected chi connectivity index (χ4v) is 2.54. The number of nitrogen functional groups attached to an aromatic ring is 1. The first kappa shape index (κ1) is 11.9. The lowest BCUT2D eigenvalue weighted by atomic mass is 10.1. The summed E-state index contributed by atoms with van der Waals surface area (Å²) in [7, 11) is 0. The molecule has 1 aromatic rings. The minimum Gasteiger partial charge on any atom is -0.394 e. The number of fused-ring (bicyclic) bond motifs is 1. The molecule has 0 saturated carbocycles. The van der Waals surface area contributed by atoms with Crippen molar-refractivity contribution < 1.29 is 19.3 Å². The summed E-state index contributed by atoms with van der Waals surface area (Å²) in [5.41, 5.74) is 5.82. The van der Waals surface area contributed by atoms with Crippen LogP contribution in [0.15, 0.2) is 12.3 Å². The highest BCUT2D eigenvalue weighted by Gasteiger charge is 2.56. The topological polar surface area (TPSA) is 91.8 Å². The zero-order valence-electron chi connectivity index (χ0n) is 10.3. The highest BCUT2D eigenvalue weighted by atomic mass is 16.8. The first-order chi connectivity index (χ1) is 8.52. The Morgan fingerprint density at radius 3 is 2.78 bits per heavy atom. The van der Waals surface area contributed by atoms with Crippen LogP contribution >= 0.6 is 0 Å². The van der Waals surface area contributed by atoms with Gasteiger partial charge in [-0.25, -0.2) is 4.68 Å². The third-order valence-electron chi connectivity index (χ3n) is 3.25. The molecule has 0 aliphatic carbocycles. The Kier molecular flexibility index (Phi) is 2.60. The minimum atomic E-state index is -0.688. The second-order valence-electron chi connectivity index (χ2n) is 5.01. The van der Waals surface area contributed by atoms with Crippen molar-refractivity contribution in [1.29, 1.82) is 0 Å². The summed E-state index contributed by atoms with van der Waals surface area (Å²) < 4.78 is 18.8. The molecule has 2 aliphatic heterocycles. The number of hydrogen-bond donors (Lipinski definition) is 2. The number of aromatic nitrogens is 2. The molecule has 0 aromatic carbocycles. The monoisotopic (exact) mass is 255 g/mol. The van der Waals surface area contributed by atoms with E-state index >= 15 is 0 Å². The van der Waals surface area contributed by atoms with Crippen molar-refractivity contribution in [1.82, 2.24) is 9.78 Å². The van der Waals surface area contributed by atoms with E-state index < -0.39 is 18.1 Å². The number of rotatable bonds is 2. The van der Waals surface area contributed by atoms with Crippen molar-refractivity contribution in [2.45, 2.75) is 44.2 Å². The summed E-state index contributed by atoms with van der Waals surface area (Å²) in [6, 6.07) is 1.69. The number of anilines is 1. The van der Waals surface area contributed by atoms with E-state index in [2.05, 4.69) is 5.10 Å². The van der Waals surface area contributed by atoms with Gasteiger partial charge in [0.2, 0.25) is 0 Å². The van der Waals surface area contributed by atoms with Gasteiger partial charge in [-0.15, -0.1) is 0 Å². The highest BCUT2D eigenvalue weighted by molar-refractivity contribution is 5.27. The predicted molar refractivity (Wildman–Crippen MR) is 61.5 cm³/mol. The van der Waals surface area contributed by atoms with E-state index in [0.29, 0.717) is 5.82 Å². The van der Waals surface area contributed by atoms with Gasteiger partial charge in [0.1, 0.15) is 24.1 Å². The van der Waals surface area contributed by atoms with Gasteiger partial charge in [-0.05, 0) is 13.8 Å². The molecule has 3 heterocycles. The maximum absolute atomic E-state index is 9.35. The molecule has 3 rings (SSSR count). The molecule has 1 unspecified atom stereocenters. The van der Waals surface area contributed by atoms with Gasteiger partial charge in [0.05, 0.1) is 12.8 Å². The lowest BCUT2D eigenvalue weighted by Crippen LogP contribution is -2.31. The van der Waals surface area contributed by atoms with E-state index in [-0.39, 0.29) is 18.8 Å². The SMILES string of the molecule is CC1(C)OC2[C@H](n3nccc3N)O[C@H](CO)[C@H]2O1. The van der Waals surface area contributed by atoms with Gasteiger partial charge in [-0.1, -0.05) is 0 Å². The molecule has 3 N–H and O–H groups in total. The maximum Gasteiger partial charge on any atom is 0.181 e. The normalized spacial score (nSPS) is 37.9. The highest BCUT2D eigenvalue weighted by Crippen LogP contribution is 2.43. The summed E-state index contributed by atoms with van der Waals surface area (Å²) in [5.74, 6) is -0.196. The van der Waals surface area contributed by atoms with Crippen LogP contribution in [0.4, 0.5) is 5.82 Å². The smallest absolute Gasteiger partial charge is 0.181 e. The second kappa shape index (κ2) is 3.92. The van der Waals surface area contributed by atoms with E-state index in [1.807, 2.05) is 13.8 Å². The molecule has 4 atom stereocenters. The Morgan fingerprint density at radius 1 is 1.44 bits per heavy atom. The number of ether oxygens (including phenoxy) is 3. The van der Waals surface area contributed by atoms with Crippen molar-refractivity contribution in [2.24, 2.45) is 0 Å². The van der Waals surface area contributed by atoms with E-state index in [9.17, 15) is 5.11 Å². The predicted octanol–water partition coefficient (Wildman–Crippen LogP) is -0.125. The third-order valence-corrected chi connectivity index (χ3v) is 3.25. The zero-order chi connectivity index (χ0) is 12.9. The molecule has 0 spiro atoms. The van der Waals surface area contributed by atoms with E-state index in [0.717, 1.165) is 0 Å². The molecule has 0 bridgehead atoms. The van der Waals surface area contributed by atoms with Crippen LogP contribution in [0.2, 0.25) is 0 Å². The van der Waals surface area contributed by atoms with Gasteiger partial charge in [0.25, 0.3) is 0 Å². The Labute approximate surface area is 104 Å². The van der Waals surface area contributed by atoms with Crippen molar-refractivity contribution in [3.63, 3.8) is 0 Å². The van der Waals surface area contributed by atoms with Crippen molar-refractivity contribution in [3.8, 4) is 0 Å². The number of nitrogens with two attached hydrogens (primary N) is 1. The lowest BCUT2D eigenvalue weighted by molar-refractivity contribution is -0.201. The summed E-state index contributed by atoms with van der Waals surface area (Å²) in [6.07, 6.45) is 0.0771. The van der Waals surface area contributed by atoms with Gasteiger partial charge in [0.15, 0.2) is 12.0 Å². The quantitative estimate of drug-likeness (QED) is 0.765. The Bertz CT molecular complexity index is 447. The minimum absolute atomic E-state index is 0.127. The molecule has 7 heteroatoms. The molecule has 100 valence electrons. The third kappa shape index (κ3) is 1.71. The van der Waals surface area contributed by atoms with Crippen LogP contribution < -0.4 is 5.73 Å². The second-order valence-corrected chi connectivity index (χ2v) is 5.01.